The predicted molar refractivity (Wildman–Crippen MR) is 16.4 cm³/mol. The van der Waals surface area contributed by atoms with Crippen molar-refractivity contribution < 1.29 is 0 Å². The molecule has 0 aliphatic rings. The van der Waals surface area contributed by atoms with E-state index in [1.807, 2.05) is 0 Å². The van der Waals surface area contributed by atoms with E-state index in [1.54, 1.807) is 0 Å². The first-order chi connectivity index (χ1) is 1.91. The van der Waals surface area contributed by atoms with Crippen molar-refractivity contribution in [1.29, 1.82) is 0 Å². The summed E-state index contributed by atoms with van der Waals surface area (Å²) in [5, 5.41) is 0. The average Bonchev–Trinajstić information content (AvgIpc) is 1.37. The van der Waals surface area contributed by atoms with Crippen LogP contribution in [0.15, 0.2) is 0 Å². The number of hydrogen-bond acceptors (Lipinski definition) is 3. The molecule has 0 heterocycles. The first-order valence-electron chi connectivity index (χ1n) is 1.05. The molecule has 0 bridgehead atoms. The summed E-state index contributed by atoms with van der Waals surface area (Å²) in [6.07, 6.45) is 0. The number of hydrogen-bond donors (Lipinski definition) is 3. The minimum atomic E-state index is 0.347. The molecule has 5 N–H and O–H groups in total. The molecule has 0 aliphatic carbocycles. The highest BCUT2D eigenvalue weighted by Gasteiger charge is 1.48. The van der Waals surface area contributed by atoms with Gasteiger partial charge in [0.15, 0.2) is 0 Å². The number of nitrogens with one attached hydrogen (secondary N) is 1. The van der Waals surface area contributed by atoms with Crippen molar-refractivity contribution in [1.82, 2.24) is 5.43 Å². The lowest BCUT2D eigenvalue weighted by Crippen LogP contribution is -2.28. The maximum Gasteiger partial charge on any atom is 0.0562 e. The van der Waals surface area contributed by atoms with Gasteiger partial charge in [-0.25, -0.2) is 5.43 Å². The largest absolute Gasteiger partial charge is 0.317 e. The number of rotatable bonds is 1. The molecule has 0 amide bonds. The van der Waals surface area contributed by atoms with Gasteiger partial charge in [-0.3, -0.25) is 5.84 Å². The third-order valence-electron chi connectivity index (χ3n) is 0.118. The van der Waals surface area contributed by atoms with Crippen LogP contribution >= 0.6 is 0 Å². The monoisotopic (exact) mass is 61.1 g/mol. The fourth-order valence-electron chi connectivity index (χ4n) is 0. The van der Waals surface area contributed by atoms with E-state index in [2.05, 4.69) is 11.3 Å². The van der Waals surface area contributed by atoms with Crippen LogP contribution in [0.3, 0.4) is 0 Å². The summed E-state index contributed by atoms with van der Waals surface area (Å²) in [6.45, 7) is 0.347. The topological polar surface area (TPSA) is 64.1 Å². The molecular formula is CH7N3. The van der Waals surface area contributed by atoms with Crippen LogP contribution in [-0.4, -0.2) is 6.67 Å². The summed E-state index contributed by atoms with van der Waals surface area (Å²) in [5.41, 5.74) is 7.00. The quantitative estimate of drug-likeness (QED) is 0.194. The maximum atomic E-state index is 4.79. The lowest BCUT2D eigenvalue weighted by atomic mass is 11.2. The van der Waals surface area contributed by atoms with Gasteiger partial charge in [0, 0.05) is 0 Å². The van der Waals surface area contributed by atoms with E-state index in [1.165, 1.54) is 0 Å². The van der Waals surface area contributed by atoms with Crippen LogP contribution < -0.4 is 17.0 Å². The molecule has 0 aromatic rings. The third kappa shape index (κ3) is 1.88. The van der Waals surface area contributed by atoms with E-state index < -0.39 is 0 Å². The molecule has 0 rings (SSSR count). The lowest BCUT2D eigenvalue weighted by Gasteiger charge is -1.78. The normalized spacial score (nSPS) is 7.50. The Morgan fingerprint density at radius 2 is 2.00 bits per heavy atom. The molecule has 0 saturated carbocycles. The summed E-state index contributed by atoms with van der Waals surface area (Å²) in [4.78, 5) is 0. The van der Waals surface area contributed by atoms with Gasteiger partial charge in [-0.2, -0.15) is 0 Å². The zero-order chi connectivity index (χ0) is 3.41. The molecule has 26 valence electrons. The van der Waals surface area contributed by atoms with Crippen LogP contribution in [0, 0.1) is 0 Å². The lowest BCUT2D eigenvalue weighted by molar-refractivity contribution is 0.758. The number of hydrazine groups is 1. The highest BCUT2D eigenvalue weighted by atomic mass is 15.2. The highest BCUT2D eigenvalue weighted by Crippen LogP contribution is 1.06. The molecule has 4 heavy (non-hydrogen) atoms. The summed E-state index contributed by atoms with van der Waals surface area (Å²) in [5.74, 6) is 4.65. The molecular weight excluding hydrogens is 54.0 g/mol. The van der Waals surface area contributed by atoms with Crippen LogP contribution in [0.25, 0.3) is 0 Å². The van der Waals surface area contributed by atoms with Crippen LogP contribution in [0.5, 0.6) is 0 Å². The zero-order valence-corrected chi connectivity index (χ0v) is 2.36. The third-order valence-corrected chi connectivity index (χ3v) is 0.118. The second-order valence-electron chi connectivity index (χ2n) is 0.408. The Labute approximate surface area is 24.9 Å². The van der Waals surface area contributed by atoms with Crippen LogP contribution in [-0.2, 0) is 0 Å². The van der Waals surface area contributed by atoms with Gasteiger partial charge >= 0.3 is 0 Å². The molecule has 0 saturated heterocycles. The molecule has 0 radical (unpaired) electrons. The molecule has 0 unspecified atom stereocenters. The van der Waals surface area contributed by atoms with Crippen molar-refractivity contribution in [2.24, 2.45) is 11.6 Å². The van der Waals surface area contributed by atoms with E-state index in [9.17, 15) is 0 Å². The predicted octanol–water partition coefficient (Wildman–Crippen LogP) is -1.63. The molecule has 0 aromatic heterocycles. The Bertz CT molecular complexity index is 5.25. The molecule has 0 aromatic carbocycles. The Morgan fingerprint density at radius 1 is 1.75 bits per heavy atom. The van der Waals surface area contributed by atoms with Crippen molar-refractivity contribution in [3.05, 3.63) is 0 Å². The molecule has 0 aliphatic heterocycles. The second kappa shape index (κ2) is 2.88. The standard InChI is InChI=1S/CH7N3/c2-1-4-3/h4H,1-3H2. The van der Waals surface area contributed by atoms with Gasteiger partial charge in [0.25, 0.3) is 0 Å². The Morgan fingerprint density at radius 3 is 2.00 bits per heavy atom. The summed E-state index contributed by atoms with van der Waals surface area (Å²) in [7, 11) is 0. The summed E-state index contributed by atoms with van der Waals surface area (Å²) < 4.78 is 0. The van der Waals surface area contributed by atoms with Gasteiger partial charge in [-0.15, -0.1) is 0 Å². The molecule has 0 fully saturated rings. The maximum absolute atomic E-state index is 4.79. The Balaban J connectivity index is 1.97. The molecule has 3 heteroatoms. The molecule has 0 spiro atoms. The van der Waals surface area contributed by atoms with Gasteiger partial charge in [-0.1, -0.05) is 0 Å². The minimum Gasteiger partial charge on any atom is -0.317 e. The zero-order valence-electron chi connectivity index (χ0n) is 2.36. The van der Waals surface area contributed by atoms with Crippen molar-refractivity contribution >= 4 is 0 Å². The van der Waals surface area contributed by atoms with E-state index in [0.29, 0.717) is 6.67 Å². The van der Waals surface area contributed by atoms with Crippen LogP contribution in [0.1, 0.15) is 0 Å². The van der Waals surface area contributed by atoms with Gasteiger partial charge in [0.1, 0.15) is 0 Å². The van der Waals surface area contributed by atoms with Crippen LogP contribution in [0.2, 0.25) is 0 Å². The van der Waals surface area contributed by atoms with Crippen molar-refractivity contribution in [2.75, 3.05) is 6.67 Å². The minimum absolute atomic E-state index is 0.347. The SMILES string of the molecule is NCNN. The van der Waals surface area contributed by atoms with E-state index in [0.717, 1.165) is 0 Å². The van der Waals surface area contributed by atoms with E-state index >= 15 is 0 Å². The van der Waals surface area contributed by atoms with Crippen molar-refractivity contribution in [2.45, 2.75) is 0 Å². The smallest absolute Gasteiger partial charge is 0.0562 e. The fraction of sp³-hybridized carbons (Fsp3) is 1.00. The van der Waals surface area contributed by atoms with Crippen molar-refractivity contribution in [3.8, 4) is 0 Å². The molecule has 0 atom stereocenters. The first-order valence-corrected chi connectivity index (χ1v) is 1.05. The summed E-state index contributed by atoms with van der Waals surface area (Å²) in [6, 6.07) is 0. The molecule has 3 nitrogen and oxygen atoms in total. The van der Waals surface area contributed by atoms with E-state index in [-0.39, 0.29) is 0 Å². The van der Waals surface area contributed by atoms with Gasteiger partial charge in [-0.05, 0) is 0 Å². The summed E-state index contributed by atoms with van der Waals surface area (Å²) >= 11 is 0. The second-order valence-corrected chi connectivity index (χ2v) is 0.408. The first kappa shape index (κ1) is 3.88. The fourth-order valence-corrected chi connectivity index (χ4v) is 0. The van der Waals surface area contributed by atoms with Crippen LogP contribution in [0.4, 0.5) is 0 Å². The highest BCUT2D eigenvalue weighted by molar-refractivity contribution is 4.06. The van der Waals surface area contributed by atoms with Gasteiger partial charge in [0.05, 0.1) is 6.67 Å². The number of nitrogens with two attached hydrogens (primary N) is 2. The Hall–Kier alpha value is -0.120. The Kier molecular flexibility index (Phi) is 2.79. The van der Waals surface area contributed by atoms with Gasteiger partial charge < -0.3 is 5.73 Å². The van der Waals surface area contributed by atoms with Crippen molar-refractivity contribution in [3.63, 3.8) is 0 Å². The average molecular weight is 61.1 g/mol. The van der Waals surface area contributed by atoms with Gasteiger partial charge in [0.2, 0.25) is 0 Å². The van der Waals surface area contributed by atoms with E-state index in [4.69, 9.17) is 5.73 Å².